The van der Waals surface area contributed by atoms with Crippen LogP contribution in [0.5, 0.6) is 0 Å². The van der Waals surface area contributed by atoms with E-state index in [0.717, 1.165) is 36.1 Å². The van der Waals surface area contributed by atoms with E-state index in [2.05, 4.69) is 33.7 Å². The van der Waals surface area contributed by atoms with Crippen LogP contribution in [-0.4, -0.2) is 20.4 Å². The Kier molecular flexibility index (Phi) is 4.14. The van der Waals surface area contributed by atoms with E-state index >= 15 is 0 Å². The zero-order valence-electron chi connectivity index (χ0n) is 13.6. The summed E-state index contributed by atoms with van der Waals surface area (Å²) < 4.78 is 2.13. The first-order chi connectivity index (χ1) is 10.6. The number of imidazole rings is 1. The van der Waals surface area contributed by atoms with E-state index in [1.165, 1.54) is 6.42 Å². The van der Waals surface area contributed by atoms with Gasteiger partial charge in [0.25, 0.3) is 0 Å². The second-order valence-electron chi connectivity index (χ2n) is 6.45. The molecule has 1 aliphatic rings. The number of aromatic nitrogens is 3. The molecule has 5 heteroatoms. The fraction of sp³-hybridized carbons (Fsp3) is 0.588. The van der Waals surface area contributed by atoms with Gasteiger partial charge in [0.15, 0.2) is 5.65 Å². The molecule has 1 N–H and O–H groups in total. The summed E-state index contributed by atoms with van der Waals surface area (Å²) in [5, 5.41) is 3.01. The Labute approximate surface area is 131 Å². The third-order valence-electron chi connectivity index (χ3n) is 4.60. The Hall–Kier alpha value is -1.91. The second kappa shape index (κ2) is 6.07. The fourth-order valence-electron chi connectivity index (χ4n) is 2.78. The number of fused-ring (bicyclic) bond motifs is 1. The Morgan fingerprint density at radius 1 is 1.41 bits per heavy atom. The lowest BCUT2D eigenvalue weighted by Crippen LogP contribution is -2.23. The van der Waals surface area contributed by atoms with Gasteiger partial charge in [-0.2, -0.15) is 0 Å². The minimum absolute atomic E-state index is 0.0435. The highest BCUT2D eigenvalue weighted by Crippen LogP contribution is 2.36. The fourth-order valence-corrected chi connectivity index (χ4v) is 2.78. The van der Waals surface area contributed by atoms with Crippen LogP contribution in [0.3, 0.4) is 0 Å². The average molecular weight is 300 g/mol. The average Bonchev–Trinajstić information content (AvgIpc) is 2.75. The highest BCUT2D eigenvalue weighted by Gasteiger charge is 2.26. The number of pyridine rings is 1. The van der Waals surface area contributed by atoms with E-state index < -0.39 is 0 Å². The number of rotatable bonds is 5. The van der Waals surface area contributed by atoms with Gasteiger partial charge in [0, 0.05) is 18.2 Å². The molecule has 2 aromatic rings. The third kappa shape index (κ3) is 2.85. The first-order valence-corrected chi connectivity index (χ1v) is 8.24. The molecule has 1 saturated carbocycles. The first kappa shape index (κ1) is 15.0. The van der Waals surface area contributed by atoms with Crippen LogP contribution < -0.4 is 5.32 Å². The van der Waals surface area contributed by atoms with Crippen LogP contribution in [-0.2, 0) is 4.79 Å². The molecule has 1 aliphatic carbocycles. The number of hydrogen-bond donors (Lipinski definition) is 1. The Bertz CT molecular complexity index is 687. The Balaban J connectivity index is 1.92. The maximum Gasteiger partial charge on any atom is 0.226 e. The molecular formula is C17H24N4O. The second-order valence-corrected chi connectivity index (χ2v) is 6.45. The number of anilines is 1. The topological polar surface area (TPSA) is 59.8 Å². The van der Waals surface area contributed by atoms with Gasteiger partial charge in [-0.05, 0) is 44.2 Å². The van der Waals surface area contributed by atoms with Crippen molar-refractivity contribution in [3.63, 3.8) is 0 Å². The van der Waals surface area contributed by atoms with Crippen molar-refractivity contribution < 1.29 is 4.79 Å². The molecule has 3 rings (SSSR count). The highest BCUT2D eigenvalue weighted by molar-refractivity contribution is 5.91. The lowest BCUT2D eigenvalue weighted by molar-refractivity contribution is -0.117. The van der Waals surface area contributed by atoms with Gasteiger partial charge in [0.1, 0.15) is 5.52 Å². The van der Waals surface area contributed by atoms with Crippen LogP contribution in [0.15, 0.2) is 12.1 Å². The van der Waals surface area contributed by atoms with Crippen molar-refractivity contribution >= 4 is 23.0 Å². The monoisotopic (exact) mass is 300 g/mol. The van der Waals surface area contributed by atoms with Crippen molar-refractivity contribution in [2.24, 2.45) is 5.92 Å². The first-order valence-electron chi connectivity index (χ1n) is 8.24. The van der Waals surface area contributed by atoms with Crippen LogP contribution >= 0.6 is 0 Å². The summed E-state index contributed by atoms with van der Waals surface area (Å²) in [6.07, 6.45) is 5.05. The number of nitrogens with zero attached hydrogens (tertiary/aromatic N) is 3. The van der Waals surface area contributed by atoms with Gasteiger partial charge in [0.05, 0.1) is 0 Å². The molecule has 1 fully saturated rings. The molecule has 5 nitrogen and oxygen atoms in total. The summed E-state index contributed by atoms with van der Waals surface area (Å²) in [5.74, 6) is 1.09. The summed E-state index contributed by atoms with van der Waals surface area (Å²) in [4.78, 5) is 21.5. The molecule has 0 aromatic carbocycles. The minimum atomic E-state index is 0.0435. The van der Waals surface area contributed by atoms with Gasteiger partial charge >= 0.3 is 0 Å². The van der Waals surface area contributed by atoms with E-state index in [-0.39, 0.29) is 5.91 Å². The Morgan fingerprint density at radius 2 is 2.18 bits per heavy atom. The van der Waals surface area contributed by atoms with Crippen LogP contribution in [0.2, 0.25) is 0 Å². The number of amides is 1. The minimum Gasteiger partial charge on any atom is -0.296 e. The SMILES string of the molecule is CCC(C)CC(=O)Nc1nc2ccc(C)nc2n1C1CCC1. The zero-order valence-corrected chi connectivity index (χ0v) is 13.6. The van der Waals surface area contributed by atoms with Crippen LogP contribution in [0, 0.1) is 12.8 Å². The van der Waals surface area contributed by atoms with Gasteiger partial charge in [0.2, 0.25) is 11.9 Å². The van der Waals surface area contributed by atoms with Crippen molar-refractivity contribution in [2.75, 3.05) is 5.32 Å². The zero-order chi connectivity index (χ0) is 15.7. The number of aryl methyl sites for hydroxylation is 1. The normalized spacial score (nSPS) is 16.5. The molecule has 1 unspecified atom stereocenters. The van der Waals surface area contributed by atoms with Crippen LogP contribution in [0.25, 0.3) is 11.2 Å². The largest absolute Gasteiger partial charge is 0.296 e. The summed E-state index contributed by atoms with van der Waals surface area (Å²) in [5.41, 5.74) is 2.73. The van der Waals surface area contributed by atoms with Crippen molar-refractivity contribution in [3.05, 3.63) is 17.8 Å². The van der Waals surface area contributed by atoms with Gasteiger partial charge in [-0.25, -0.2) is 9.97 Å². The van der Waals surface area contributed by atoms with Gasteiger partial charge < -0.3 is 0 Å². The van der Waals surface area contributed by atoms with E-state index in [1.54, 1.807) is 0 Å². The van der Waals surface area contributed by atoms with E-state index in [4.69, 9.17) is 0 Å². The summed E-state index contributed by atoms with van der Waals surface area (Å²) in [7, 11) is 0. The molecule has 118 valence electrons. The smallest absolute Gasteiger partial charge is 0.226 e. The number of nitrogens with one attached hydrogen (secondary N) is 1. The van der Waals surface area contributed by atoms with E-state index in [1.807, 2.05) is 19.1 Å². The van der Waals surface area contributed by atoms with Crippen molar-refractivity contribution in [3.8, 4) is 0 Å². The van der Waals surface area contributed by atoms with E-state index in [0.29, 0.717) is 24.3 Å². The molecular weight excluding hydrogens is 276 g/mol. The molecule has 22 heavy (non-hydrogen) atoms. The van der Waals surface area contributed by atoms with Crippen molar-refractivity contribution in [1.82, 2.24) is 14.5 Å². The molecule has 2 heterocycles. The summed E-state index contributed by atoms with van der Waals surface area (Å²) in [6.45, 7) is 6.19. The molecule has 0 saturated heterocycles. The molecule has 1 atom stereocenters. The molecule has 2 aromatic heterocycles. The predicted octanol–water partition coefficient (Wildman–Crippen LogP) is 3.84. The lowest BCUT2D eigenvalue weighted by atomic mass is 9.93. The molecule has 0 spiro atoms. The number of carbonyl (C=O) groups excluding carboxylic acids is 1. The quantitative estimate of drug-likeness (QED) is 0.912. The summed E-state index contributed by atoms with van der Waals surface area (Å²) >= 11 is 0. The molecule has 1 amide bonds. The van der Waals surface area contributed by atoms with Crippen molar-refractivity contribution in [2.45, 2.75) is 58.9 Å². The lowest BCUT2D eigenvalue weighted by Gasteiger charge is -2.28. The van der Waals surface area contributed by atoms with Gasteiger partial charge in [-0.3, -0.25) is 14.7 Å². The molecule has 0 aliphatic heterocycles. The maximum atomic E-state index is 12.2. The Morgan fingerprint density at radius 3 is 2.82 bits per heavy atom. The molecule has 0 bridgehead atoms. The highest BCUT2D eigenvalue weighted by atomic mass is 16.1. The summed E-state index contributed by atoms with van der Waals surface area (Å²) in [6, 6.07) is 4.36. The number of hydrogen-bond acceptors (Lipinski definition) is 3. The van der Waals surface area contributed by atoms with Gasteiger partial charge in [-0.1, -0.05) is 20.3 Å². The van der Waals surface area contributed by atoms with Gasteiger partial charge in [-0.15, -0.1) is 0 Å². The van der Waals surface area contributed by atoms with E-state index in [9.17, 15) is 4.79 Å². The maximum absolute atomic E-state index is 12.2. The third-order valence-corrected chi connectivity index (χ3v) is 4.60. The number of carbonyl (C=O) groups is 1. The van der Waals surface area contributed by atoms with Crippen molar-refractivity contribution in [1.29, 1.82) is 0 Å². The van der Waals surface area contributed by atoms with Crippen LogP contribution in [0.4, 0.5) is 5.95 Å². The van der Waals surface area contributed by atoms with Crippen LogP contribution in [0.1, 0.15) is 57.7 Å². The molecule has 0 radical (unpaired) electrons. The predicted molar refractivity (Wildman–Crippen MR) is 87.9 cm³/mol. The standard InChI is InChI=1S/C17H24N4O/c1-4-11(2)10-15(22)20-17-19-14-9-8-12(3)18-16(14)21(17)13-6-5-7-13/h8-9,11,13H,4-7,10H2,1-3H3,(H,19,20,22).